The fourth-order valence-electron chi connectivity index (χ4n) is 3.30. The van der Waals surface area contributed by atoms with Gasteiger partial charge in [0.2, 0.25) is 6.79 Å². The van der Waals surface area contributed by atoms with Crippen LogP contribution in [0.1, 0.15) is 27.3 Å². The largest absolute Gasteiger partial charge is 0.454 e. The average molecular weight is 363 g/mol. The summed E-state index contributed by atoms with van der Waals surface area (Å²) in [6.07, 6.45) is 0.716. The van der Waals surface area contributed by atoms with Crippen LogP contribution in [0.25, 0.3) is 5.69 Å². The summed E-state index contributed by atoms with van der Waals surface area (Å²) in [5.41, 5.74) is 4.21. The summed E-state index contributed by atoms with van der Waals surface area (Å²) in [5, 5.41) is 7.53. The molecule has 0 fully saturated rings. The molecule has 0 atom stereocenters. The fourth-order valence-corrected chi connectivity index (χ4v) is 3.30. The Morgan fingerprint density at radius 1 is 1.11 bits per heavy atom. The zero-order valence-corrected chi connectivity index (χ0v) is 15.4. The van der Waals surface area contributed by atoms with Gasteiger partial charge in [-0.2, -0.15) is 5.10 Å². The van der Waals surface area contributed by atoms with Crippen LogP contribution >= 0.6 is 0 Å². The quantitative estimate of drug-likeness (QED) is 0.756. The zero-order valence-electron chi connectivity index (χ0n) is 15.4. The van der Waals surface area contributed by atoms with Gasteiger partial charge in [-0.3, -0.25) is 4.79 Å². The summed E-state index contributed by atoms with van der Waals surface area (Å²) in [4.78, 5) is 12.7. The highest BCUT2D eigenvalue weighted by Gasteiger charge is 2.19. The van der Waals surface area contributed by atoms with E-state index in [2.05, 4.69) is 10.4 Å². The maximum atomic E-state index is 12.7. The Bertz CT molecular complexity index is 980. The molecule has 0 radical (unpaired) electrons. The second-order valence-corrected chi connectivity index (χ2v) is 6.49. The predicted molar refractivity (Wildman–Crippen MR) is 102 cm³/mol. The number of hydrogen-bond donors (Lipinski definition) is 1. The maximum Gasteiger partial charge on any atom is 0.255 e. The second-order valence-electron chi connectivity index (χ2n) is 6.49. The number of para-hydroxylation sites is 1. The van der Waals surface area contributed by atoms with E-state index in [-0.39, 0.29) is 12.7 Å². The number of fused-ring (bicyclic) bond motifs is 1. The van der Waals surface area contributed by atoms with E-state index in [4.69, 9.17) is 9.47 Å². The van der Waals surface area contributed by atoms with Gasteiger partial charge < -0.3 is 14.8 Å². The number of benzene rings is 2. The molecule has 0 bridgehead atoms. The Kier molecular flexibility index (Phi) is 4.54. The van der Waals surface area contributed by atoms with Crippen LogP contribution in [-0.2, 0) is 6.42 Å². The summed E-state index contributed by atoms with van der Waals surface area (Å²) in [5.74, 6) is 1.42. The van der Waals surface area contributed by atoms with Crippen LogP contribution in [0.15, 0.2) is 48.5 Å². The summed E-state index contributed by atoms with van der Waals surface area (Å²) < 4.78 is 12.5. The van der Waals surface area contributed by atoms with E-state index < -0.39 is 0 Å². The Morgan fingerprint density at radius 3 is 2.70 bits per heavy atom. The molecule has 3 aromatic rings. The van der Waals surface area contributed by atoms with Crippen LogP contribution < -0.4 is 14.8 Å². The number of ether oxygens (including phenoxy) is 2. The number of carbonyl (C=O) groups is 1. The minimum atomic E-state index is -0.104. The highest BCUT2D eigenvalue weighted by molar-refractivity contribution is 5.96. The third kappa shape index (κ3) is 3.38. The van der Waals surface area contributed by atoms with Gasteiger partial charge in [-0.05, 0) is 50.1 Å². The number of amides is 1. The first-order valence-electron chi connectivity index (χ1n) is 8.92. The van der Waals surface area contributed by atoms with Gasteiger partial charge >= 0.3 is 0 Å². The van der Waals surface area contributed by atoms with E-state index in [1.807, 2.05) is 67.1 Å². The standard InChI is InChI=1S/C21H21N3O3/c1-14-20(15(2)24(23-14)17-6-4-3-5-7-17)21(25)22-11-10-16-8-9-18-19(12-16)27-13-26-18/h3-9,12H,10-11,13H2,1-2H3,(H,22,25). The van der Waals surface area contributed by atoms with Gasteiger partial charge in [0.25, 0.3) is 5.91 Å². The number of nitrogens with zero attached hydrogens (tertiary/aromatic N) is 2. The molecule has 1 amide bonds. The van der Waals surface area contributed by atoms with Crippen molar-refractivity contribution in [1.82, 2.24) is 15.1 Å². The monoisotopic (exact) mass is 363 g/mol. The van der Waals surface area contributed by atoms with E-state index in [0.29, 0.717) is 18.5 Å². The minimum Gasteiger partial charge on any atom is -0.454 e. The Hall–Kier alpha value is -3.28. The summed E-state index contributed by atoms with van der Waals surface area (Å²) in [6, 6.07) is 15.7. The maximum absolute atomic E-state index is 12.7. The van der Waals surface area contributed by atoms with E-state index in [1.165, 1.54) is 0 Å². The molecule has 0 spiro atoms. The molecular weight excluding hydrogens is 342 g/mol. The molecule has 4 rings (SSSR count). The molecule has 0 saturated carbocycles. The molecule has 2 aromatic carbocycles. The van der Waals surface area contributed by atoms with Gasteiger partial charge in [-0.15, -0.1) is 0 Å². The fraction of sp³-hybridized carbons (Fsp3) is 0.238. The molecular formula is C21H21N3O3. The van der Waals surface area contributed by atoms with E-state index in [9.17, 15) is 4.79 Å². The van der Waals surface area contributed by atoms with E-state index in [0.717, 1.165) is 34.1 Å². The lowest BCUT2D eigenvalue weighted by Gasteiger charge is -2.07. The number of rotatable bonds is 5. The number of aromatic nitrogens is 2. The third-order valence-electron chi connectivity index (χ3n) is 4.66. The van der Waals surface area contributed by atoms with Crippen molar-refractivity contribution in [2.24, 2.45) is 0 Å². The normalized spacial score (nSPS) is 12.2. The van der Waals surface area contributed by atoms with Crippen molar-refractivity contribution in [2.75, 3.05) is 13.3 Å². The first-order chi connectivity index (χ1) is 13.1. The molecule has 2 heterocycles. The van der Waals surface area contributed by atoms with Crippen molar-refractivity contribution in [3.63, 3.8) is 0 Å². The lowest BCUT2D eigenvalue weighted by Crippen LogP contribution is -2.26. The summed E-state index contributed by atoms with van der Waals surface area (Å²) in [6.45, 7) is 4.58. The smallest absolute Gasteiger partial charge is 0.255 e. The van der Waals surface area contributed by atoms with Gasteiger partial charge in [0.15, 0.2) is 11.5 Å². The molecule has 1 aromatic heterocycles. The predicted octanol–water partition coefficient (Wildman–Crippen LogP) is 3.19. The lowest BCUT2D eigenvalue weighted by atomic mass is 10.1. The minimum absolute atomic E-state index is 0.104. The van der Waals surface area contributed by atoms with Crippen molar-refractivity contribution in [3.8, 4) is 17.2 Å². The molecule has 1 aliphatic rings. The number of aryl methyl sites for hydroxylation is 1. The highest BCUT2D eigenvalue weighted by Crippen LogP contribution is 2.32. The average Bonchev–Trinajstić information content (AvgIpc) is 3.26. The summed E-state index contributed by atoms with van der Waals surface area (Å²) >= 11 is 0. The van der Waals surface area contributed by atoms with E-state index in [1.54, 1.807) is 0 Å². The van der Waals surface area contributed by atoms with E-state index >= 15 is 0 Å². The van der Waals surface area contributed by atoms with Crippen molar-refractivity contribution in [1.29, 1.82) is 0 Å². The zero-order chi connectivity index (χ0) is 18.8. The first kappa shape index (κ1) is 17.1. The highest BCUT2D eigenvalue weighted by atomic mass is 16.7. The molecule has 6 heteroatoms. The van der Waals surface area contributed by atoms with Gasteiger partial charge in [0, 0.05) is 6.54 Å². The van der Waals surface area contributed by atoms with Gasteiger partial charge in [0.05, 0.1) is 22.6 Å². The molecule has 138 valence electrons. The first-order valence-corrected chi connectivity index (χ1v) is 8.92. The lowest BCUT2D eigenvalue weighted by molar-refractivity contribution is 0.0953. The van der Waals surface area contributed by atoms with Crippen molar-refractivity contribution in [3.05, 3.63) is 71.0 Å². The Labute approximate surface area is 157 Å². The molecule has 1 aliphatic heterocycles. The Morgan fingerprint density at radius 2 is 1.89 bits per heavy atom. The topological polar surface area (TPSA) is 65.4 Å². The van der Waals surface area contributed by atoms with Crippen LogP contribution in [0, 0.1) is 13.8 Å². The molecule has 6 nitrogen and oxygen atoms in total. The van der Waals surface area contributed by atoms with Crippen LogP contribution in [0.2, 0.25) is 0 Å². The van der Waals surface area contributed by atoms with Gasteiger partial charge in [-0.25, -0.2) is 4.68 Å². The van der Waals surface area contributed by atoms with Crippen LogP contribution in [-0.4, -0.2) is 29.0 Å². The van der Waals surface area contributed by atoms with Crippen LogP contribution in [0.4, 0.5) is 0 Å². The number of carbonyl (C=O) groups excluding carboxylic acids is 1. The Balaban J connectivity index is 1.43. The van der Waals surface area contributed by atoms with Crippen molar-refractivity contribution in [2.45, 2.75) is 20.3 Å². The molecule has 0 saturated heterocycles. The van der Waals surface area contributed by atoms with Crippen molar-refractivity contribution >= 4 is 5.91 Å². The van der Waals surface area contributed by atoms with Gasteiger partial charge in [0.1, 0.15) is 0 Å². The SMILES string of the molecule is Cc1nn(-c2ccccc2)c(C)c1C(=O)NCCc1ccc2c(c1)OCO2. The number of nitrogens with one attached hydrogen (secondary N) is 1. The molecule has 0 aliphatic carbocycles. The third-order valence-corrected chi connectivity index (χ3v) is 4.66. The number of hydrogen-bond acceptors (Lipinski definition) is 4. The van der Waals surface area contributed by atoms with Crippen LogP contribution in [0.5, 0.6) is 11.5 Å². The molecule has 1 N–H and O–H groups in total. The van der Waals surface area contributed by atoms with Crippen molar-refractivity contribution < 1.29 is 14.3 Å². The van der Waals surface area contributed by atoms with Crippen LogP contribution in [0.3, 0.4) is 0 Å². The second kappa shape index (κ2) is 7.15. The molecule has 0 unspecified atom stereocenters. The molecule has 27 heavy (non-hydrogen) atoms. The summed E-state index contributed by atoms with van der Waals surface area (Å²) in [7, 11) is 0. The van der Waals surface area contributed by atoms with Gasteiger partial charge in [-0.1, -0.05) is 24.3 Å².